The zero-order chi connectivity index (χ0) is 10.6. The minimum absolute atomic E-state index is 0.230. The molecule has 14 heavy (non-hydrogen) atoms. The number of hydrogen-bond acceptors (Lipinski definition) is 4. The van der Waals surface area contributed by atoms with E-state index in [1.807, 2.05) is 0 Å². The van der Waals surface area contributed by atoms with Crippen molar-refractivity contribution in [3.63, 3.8) is 0 Å². The highest BCUT2D eigenvalue weighted by Crippen LogP contribution is 2.10. The molecule has 0 aromatic heterocycles. The summed E-state index contributed by atoms with van der Waals surface area (Å²) in [6.45, 7) is 0. The molecule has 2 N–H and O–H groups in total. The smallest absolute Gasteiger partial charge is 0.423 e. The number of nitrogens with zero attached hydrogens (tertiary/aromatic N) is 1. The zero-order valence-corrected chi connectivity index (χ0v) is 7.12. The fourth-order valence-corrected chi connectivity index (χ4v) is 0.833. The van der Waals surface area contributed by atoms with E-state index in [1.165, 1.54) is 12.1 Å². The van der Waals surface area contributed by atoms with Crippen LogP contribution in [0.5, 0.6) is 5.75 Å². The van der Waals surface area contributed by atoms with Gasteiger partial charge < -0.3 is 10.5 Å². The van der Waals surface area contributed by atoms with Crippen LogP contribution in [0.15, 0.2) is 30.3 Å². The summed E-state index contributed by atoms with van der Waals surface area (Å²) in [5.74, 6) is -0.896. The molecule has 74 valence electrons. The molecule has 6 heteroatoms. The van der Waals surface area contributed by atoms with Gasteiger partial charge in [-0.1, -0.05) is 18.2 Å². The van der Waals surface area contributed by atoms with Crippen LogP contribution in [-0.2, 0) is 4.79 Å². The molecule has 0 spiro atoms. The van der Waals surface area contributed by atoms with Gasteiger partial charge in [-0.05, 0) is 12.1 Å². The molecule has 0 aliphatic carbocycles. The predicted molar refractivity (Wildman–Crippen MR) is 47.0 cm³/mol. The number of amides is 1. The van der Waals surface area contributed by atoms with Crippen molar-refractivity contribution in [1.82, 2.24) is 0 Å². The monoisotopic (exact) mass is 196 g/mol. The first-order chi connectivity index (χ1) is 6.61. The Morgan fingerprint density at radius 2 is 2.00 bits per heavy atom. The van der Waals surface area contributed by atoms with Crippen molar-refractivity contribution in [3.05, 3.63) is 40.4 Å². The van der Waals surface area contributed by atoms with Gasteiger partial charge in [-0.2, -0.15) is 0 Å². The second kappa shape index (κ2) is 4.22. The molecule has 0 saturated carbocycles. The Kier molecular flexibility index (Phi) is 3.01. The SMILES string of the molecule is NC(=O)C(Oc1ccccc1)[N+](=O)[O-]. The van der Waals surface area contributed by atoms with Crippen LogP contribution >= 0.6 is 0 Å². The predicted octanol–water partition coefficient (Wildman–Crippen LogP) is 0.153. The summed E-state index contributed by atoms with van der Waals surface area (Å²) in [4.78, 5) is 20.0. The quantitative estimate of drug-likeness (QED) is 0.421. The van der Waals surface area contributed by atoms with Crippen molar-refractivity contribution in [2.75, 3.05) is 0 Å². The lowest BCUT2D eigenvalue weighted by atomic mass is 10.3. The average molecular weight is 196 g/mol. The van der Waals surface area contributed by atoms with Crippen LogP contribution in [0.2, 0.25) is 0 Å². The second-order valence-corrected chi connectivity index (χ2v) is 2.47. The first-order valence-corrected chi connectivity index (χ1v) is 3.76. The Labute approximate surface area is 79.4 Å². The van der Waals surface area contributed by atoms with E-state index >= 15 is 0 Å². The molecule has 0 fully saturated rings. The highest BCUT2D eigenvalue weighted by atomic mass is 16.7. The number of carbonyl (C=O) groups is 1. The van der Waals surface area contributed by atoms with Gasteiger partial charge in [0.25, 0.3) is 0 Å². The molecule has 0 bridgehead atoms. The Bertz CT molecular complexity index is 324. The number of primary amides is 1. The van der Waals surface area contributed by atoms with Gasteiger partial charge in [0.05, 0.1) is 4.92 Å². The molecule has 6 nitrogen and oxygen atoms in total. The first-order valence-electron chi connectivity index (χ1n) is 3.76. The number of carbonyl (C=O) groups excluding carboxylic acids is 1. The van der Waals surface area contributed by atoms with Crippen molar-refractivity contribution in [1.29, 1.82) is 0 Å². The molecule has 0 aliphatic heterocycles. The molecule has 1 aromatic carbocycles. The summed E-state index contributed by atoms with van der Waals surface area (Å²) < 4.78 is 4.76. The first kappa shape index (κ1) is 9.97. The number of ether oxygens (including phenoxy) is 1. The van der Waals surface area contributed by atoms with E-state index in [0.29, 0.717) is 0 Å². The Morgan fingerprint density at radius 3 is 2.43 bits per heavy atom. The highest BCUT2D eigenvalue weighted by molar-refractivity contribution is 5.77. The van der Waals surface area contributed by atoms with Crippen molar-refractivity contribution in [3.8, 4) is 5.75 Å². The van der Waals surface area contributed by atoms with Crippen LogP contribution in [-0.4, -0.2) is 17.1 Å². The van der Waals surface area contributed by atoms with Crippen LogP contribution < -0.4 is 10.5 Å². The number of para-hydroxylation sites is 1. The molecule has 1 unspecified atom stereocenters. The molecule has 1 aromatic rings. The van der Waals surface area contributed by atoms with Gasteiger partial charge in [0, 0.05) is 0 Å². The van der Waals surface area contributed by atoms with E-state index in [-0.39, 0.29) is 5.75 Å². The van der Waals surface area contributed by atoms with E-state index in [0.717, 1.165) is 0 Å². The third-order valence-corrected chi connectivity index (χ3v) is 1.43. The summed E-state index contributed by atoms with van der Waals surface area (Å²) in [7, 11) is 0. The molecular formula is C8H8N2O4. The Hall–Kier alpha value is -2.11. The number of nitrogens with two attached hydrogens (primary N) is 1. The summed E-state index contributed by atoms with van der Waals surface area (Å²) in [5, 5.41) is 10.3. The second-order valence-electron chi connectivity index (χ2n) is 2.47. The van der Waals surface area contributed by atoms with E-state index in [9.17, 15) is 14.9 Å². The molecule has 1 amide bonds. The van der Waals surface area contributed by atoms with Crippen molar-refractivity contribution >= 4 is 5.91 Å². The summed E-state index contributed by atoms with van der Waals surface area (Å²) in [6, 6.07) is 7.98. The minimum atomic E-state index is -1.84. The Morgan fingerprint density at radius 1 is 1.43 bits per heavy atom. The number of benzene rings is 1. The fraction of sp³-hybridized carbons (Fsp3) is 0.125. The molecule has 0 heterocycles. The van der Waals surface area contributed by atoms with Gasteiger partial charge in [-0.3, -0.25) is 14.9 Å². The summed E-state index contributed by atoms with van der Waals surface area (Å²) in [6.07, 6.45) is -1.84. The molecule has 0 aliphatic rings. The lowest BCUT2D eigenvalue weighted by molar-refractivity contribution is -0.545. The van der Waals surface area contributed by atoms with Crippen LogP contribution in [0.3, 0.4) is 0 Å². The standard InChI is InChI=1S/C8H8N2O4/c9-7(11)8(10(12)13)14-6-4-2-1-3-5-6/h1-5,8H,(H2,9,11). The van der Waals surface area contributed by atoms with Gasteiger partial charge in [0.1, 0.15) is 5.75 Å². The minimum Gasteiger partial charge on any atom is -0.423 e. The van der Waals surface area contributed by atoms with Gasteiger partial charge >= 0.3 is 12.1 Å². The van der Waals surface area contributed by atoms with Gasteiger partial charge in [0.15, 0.2) is 0 Å². The van der Waals surface area contributed by atoms with Crippen LogP contribution in [0, 0.1) is 10.1 Å². The number of hydrogen-bond donors (Lipinski definition) is 1. The fourth-order valence-electron chi connectivity index (χ4n) is 0.833. The van der Waals surface area contributed by atoms with Crippen molar-refractivity contribution < 1.29 is 14.5 Å². The molecule has 1 atom stereocenters. The maximum Gasteiger partial charge on any atom is 0.433 e. The van der Waals surface area contributed by atoms with Gasteiger partial charge in [0.2, 0.25) is 0 Å². The van der Waals surface area contributed by atoms with Gasteiger partial charge in [-0.15, -0.1) is 0 Å². The van der Waals surface area contributed by atoms with Crippen molar-refractivity contribution in [2.24, 2.45) is 5.73 Å². The van der Waals surface area contributed by atoms with E-state index in [4.69, 9.17) is 10.5 Å². The molecule has 1 rings (SSSR count). The van der Waals surface area contributed by atoms with E-state index in [2.05, 4.69) is 0 Å². The molecule has 0 saturated heterocycles. The van der Waals surface area contributed by atoms with Crippen LogP contribution in [0.4, 0.5) is 0 Å². The van der Waals surface area contributed by atoms with E-state index < -0.39 is 17.1 Å². The number of rotatable bonds is 4. The molecular weight excluding hydrogens is 188 g/mol. The lowest BCUT2D eigenvalue weighted by Gasteiger charge is -2.07. The summed E-state index contributed by atoms with van der Waals surface area (Å²) >= 11 is 0. The third kappa shape index (κ3) is 2.44. The summed E-state index contributed by atoms with van der Waals surface area (Å²) in [5.41, 5.74) is 4.78. The van der Waals surface area contributed by atoms with E-state index in [1.54, 1.807) is 18.2 Å². The van der Waals surface area contributed by atoms with Crippen molar-refractivity contribution in [2.45, 2.75) is 6.23 Å². The topological polar surface area (TPSA) is 95.5 Å². The largest absolute Gasteiger partial charge is 0.433 e. The highest BCUT2D eigenvalue weighted by Gasteiger charge is 2.28. The Balaban J connectivity index is 2.75. The maximum absolute atomic E-state index is 10.6. The lowest BCUT2D eigenvalue weighted by Crippen LogP contribution is -2.40. The molecule has 0 radical (unpaired) electrons. The zero-order valence-electron chi connectivity index (χ0n) is 7.12. The maximum atomic E-state index is 10.6. The third-order valence-electron chi connectivity index (χ3n) is 1.43. The van der Waals surface area contributed by atoms with Crippen LogP contribution in [0.25, 0.3) is 0 Å². The van der Waals surface area contributed by atoms with Crippen LogP contribution in [0.1, 0.15) is 0 Å². The normalized spacial score (nSPS) is 11.7. The van der Waals surface area contributed by atoms with Gasteiger partial charge in [-0.25, -0.2) is 0 Å². The average Bonchev–Trinajstić information content (AvgIpc) is 2.15. The number of nitro groups is 1.